The third-order valence-corrected chi connectivity index (χ3v) is 4.92. The molecule has 120 valence electrons. The number of amides is 1. The van der Waals surface area contributed by atoms with Gasteiger partial charge in [0.15, 0.2) is 11.5 Å². The van der Waals surface area contributed by atoms with Gasteiger partial charge in [0.25, 0.3) is 5.91 Å². The Labute approximate surface area is 132 Å². The molecule has 2 aliphatic rings. The van der Waals surface area contributed by atoms with Crippen molar-refractivity contribution in [3.63, 3.8) is 0 Å². The maximum atomic E-state index is 12.5. The Morgan fingerprint density at radius 1 is 1.05 bits per heavy atom. The molecule has 3 heterocycles. The van der Waals surface area contributed by atoms with Crippen molar-refractivity contribution in [2.45, 2.75) is 39.5 Å². The van der Waals surface area contributed by atoms with E-state index in [0.29, 0.717) is 11.6 Å². The lowest BCUT2D eigenvalue weighted by Crippen LogP contribution is -2.38. The fourth-order valence-corrected chi connectivity index (χ4v) is 3.38. The second-order valence-electron chi connectivity index (χ2n) is 6.94. The third kappa shape index (κ3) is 3.39. The van der Waals surface area contributed by atoms with Gasteiger partial charge in [-0.15, -0.1) is 10.2 Å². The number of anilines is 1. The van der Waals surface area contributed by atoms with Crippen LogP contribution in [0.25, 0.3) is 0 Å². The van der Waals surface area contributed by atoms with Gasteiger partial charge in [-0.2, -0.15) is 0 Å². The summed E-state index contributed by atoms with van der Waals surface area (Å²) in [6, 6.07) is 3.78. The average Bonchev–Trinajstić information content (AvgIpc) is 2.55. The standard InChI is InChI=1S/C17H26N4O/c1-13-7-10-20(11-8-13)17(22)15-5-6-16(19-18-15)21-9-3-4-14(2)12-21/h5-6,13-14H,3-4,7-12H2,1-2H3. The molecule has 5 heteroatoms. The molecule has 0 aliphatic carbocycles. The summed E-state index contributed by atoms with van der Waals surface area (Å²) in [6.45, 7) is 8.27. The second kappa shape index (κ2) is 6.63. The first-order chi connectivity index (χ1) is 10.6. The van der Waals surface area contributed by atoms with Crippen molar-refractivity contribution in [2.24, 2.45) is 11.8 Å². The Morgan fingerprint density at radius 2 is 1.82 bits per heavy atom. The summed E-state index contributed by atoms with van der Waals surface area (Å²) in [5, 5.41) is 8.49. The highest BCUT2D eigenvalue weighted by atomic mass is 16.2. The fourth-order valence-electron chi connectivity index (χ4n) is 3.38. The summed E-state index contributed by atoms with van der Waals surface area (Å²) in [5.41, 5.74) is 0.475. The van der Waals surface area contributed by atoms with Gasteiger partial charge in [-0.3, -0.25) is 4.79 Å². The van der Waals surface area contributed by atoms with E-state index in [0.717, 1.165) is 50.8 Å². The zero-order chi connectivity index (χ0) is 15.5. The van der Waals surface area contributed by atoms with Crippen LogP contribution in [0.15, 0.2) is 12.1 Å². The van der Waals surface area contributed by atoms with E-state index in [-0.39, 0.29) is 5.91 Å². The summed E-state index contributed by atoms with van der Waals surface area (Å²) < 4.78 is 0. The van der Waals surface area contributed by atoms with Crippen LogP contribution in [0.4, 0.5) is 5.82 Å². The van der Waals surface area contributed by atoms with E-state index in [2.05, 4.69) is 28.9 Å². The number of piperidine rings is 2. The van der Waals surface area contributed by atoms with Crippen LogP contribution < -0.4 is 4.90 Å². The van der Waals surface area contributed by atoms with Gasteiger partial charge in [0.2, 0.25) is 0 Å². The molecule has 22 heavy (non-hydrogen) atoms. The largest absolute Gasteiger partial charge is 0.355 e. The van der Waals surface area contributed by atoms with Gasteiger partial charge in [0.1, 0.15) is 0 Å². The van der Waals surface area contributed by atoms with Crippen LogP contribution >= 0.6 is 0 Å². The highest BCUT2D eigenvalue weighted by Crippen LogP contribution is 2.21. The SMILES string of the molecule is CC1CCN(C(=O)c2ccc(N3CCCC(C)C3)nn2)CC1. The number of carbonyl (C=O) groups excluding carboxylic acids is 1. The highest BCUT2D eigenvalue weighted by Gasteiger charge is 2.23. The van der Waals surface area contributed by atoms with Gasteiger partial charge in [-0.05, 0) is 49.7 Å². The van der Waals surface area contributed by atoms with E-state index in [1.165, 1.54) is 12.8 Å². The molecule has 1 aromatic rings. The van der Waals surface area contributed by atoms with Crippen molar-refractivity contribution in [2.75, 3.05) is 31.1 Å². The summed E-state index contributed by atoms with van der Waals surface area (Å²) in [6.07, 6.45) is 4.66. The minimum absolute atomic E-state index is 0.0259. The number of hydrogen-bond acceptors (Lipinski definition) is 4. The predicted molar refractivity (Wildman–Crippen MR) is 86.9 cm³/mol. The molecule has 0 bridgehead atoms. The van der Waals surface area contributed by atoms with Crippen molar-refractivity contribution in [1.82, 2.24) is 15.1 Å². The molecule has 3 rings (SSSR count). The summed E-state index contributed by atoms with van der Waals surface area (Å²) in [5.74, 6) is 2.35. The fraction of sp³-hybridized carbons (Fsp3) is 0.706. The van der Waals surface area contributed by atoms with Crippen LogP contribution in [0.2, 0.25) is 0 Å². The third-order valence-electron chi connectivity index (χ3n) is 4.92. The first kappa shape index (κ1) is 15.3. The van der Waals surface area contributed by atoms with Crippen molar-refractivity contribution >= 4 is 11.7 Å². The van der Waals surface area contributed by atoms with Crippen LogP contribution in [0, 0.1) is 11.8 Å². The van der Waals surface area contributed by atoms with E-state index >= 15 is 0 Å². The van der Waals surface area contributed by atoms with Gasteiger partial charge >= 0.3 is 0 Å². The predicted octanol–water partition coefficient (Wildman–Crippen LogP) is 2.59. The number of likely N-dealkylation sites (tertiary alicyclic amines) is 1. The summed E-state index contributed by atoms with van der Waals surface area (Å²) in [4.78, 5) is 16.6. The van der Waals surface area contributed by atoms with Crippen LogP contribution in [0.1, 0.15) is 50.0 Å². The highest BCUT2D eigenvalue weighted by molar-refractivity contribution is 5.92. The molecule has 2 aliphatic heterocycles. The first-order valence-corrected chi connectivity index (χ1v) is 8.51. The van der Waals surface area contributed by atoms with E-state index in [4.69, 9.17) is 0 Å². The van der Waals surface area contributed by atoms with Crippen molar-refractivity contribution < 1.29 is 4.79 Å². The summed E-state index contributed by atoms with van der Waals surface area (Å²) >= 11 is 0. The summed E-state index contributed by atoms with van der Waals surface area (Å²) in [7, 11) is 0. The minimum Gasteiger partial charge on any atom is -0.355 e. The number of hydrogen-bond donors (Lipinski definition) is 0. The van der Waals surface area contributed by atoms with Crippen LogP contribution in [0.3, 0.4) is 0 Å². The van der Waals surface area contributed by atoms with E-state index in [1.54, 1.807) is 0 Å². The lowest BCUT2D eigenvalue weighted by Gasteiger charge is -2.32. The smallest absolute Gasteiger partial charge is 0.274 e. The molecule has 0 saturated carbocycles. The van der Waals surface area contributed by atoms with E-state index in [9.17, 15) is 4.79 Å². The number of nitrogens with zero attached hydrogens (tertiary/aromatic N) is 4. The molecule has 1 atom stereocenters. The zero-order valence-corrected chi connectivity index (χ0v) is 13.7. The number of carbonyl (C=O) groups is 1. The molecule has 2 saturated heterocycles. The van der Waals surface area contributed by atoms with Gasteiger partial charge in [0, 0.05) is 26.2 Å². The van der Waals surface area contributed by atoms with E-state index in [1.807, 2.05) is 17.0 Å². The van der Waals surface area contributed by atoms with E-state index < -0.39 is 0 Å². The molecule has 0 aromatic carbocycles. The molecule has 1 amide bonds. The zero-order valence-electron chi connectivity index (χ0n) is 13.7. The number of aromatic nitrogens is 2. The molecule has 0 spiro atoms. The topological polar surface area (TPSA) is 49.3 Å². The normalized spacial score (nSPS) is 23.6. The second-order valence-corrected chi connectivity index (χ2v) is 6.94. The first-order valence-electron chi connectivity index (χ1n) is 8.51. The average molecular weight is 302 g/mol. The molecule has 1 aromatic heterocycles. The molecule has 0 N–H and O–H groups in total. The maximum Gasteiger partial charge on any atom is 0.274 e. The molecule has 1 unspecified atom stereocenters. The maximum absolute atomic E-state index is 12.5. The molecule has 0 radical (unpaired) electrons. The van der Waals surface area contributed by atoms with Crippen LogP contribution in [-0.4, -0.2) is 47.2 Å². The number of rotatable bonds is 2. The van der Waals surface area contributed by atoms with Gasteiger partial charge in [-0.25, -0.2) is 0 Å². The minimum atomic E-state index is 0.0259. The van der Waals surface area contributed by atoms with Crippen molar-refractivity contribution in [1.29, 1.82) is 0 Å². The van der Waals surface area contributed by atoms with Crippen LogP contribution in [-0.2, 0) is 0 Å². The lowest BCUT2D eigenvalue weighted by molar-refractivity contribution is 0.0690. The Bertz CT molecular complexity index is 508. The Hall–Kier alpha value is -1.65. The Balaban J connectivity index is 1.64. The molecule has 5 nitrogen and oxygen atoms in total. The molecular weight excluding hydrogens is 276 g/mol. The lowest BCUT2D eigenvalue weighted by atomic mass is 9.99. The Morgan fingerprint density at radius 3 is 2.45 bits per heavy atom. The monoisotopic (exact) mass is 302 g/mol. The molecular formula is C17H26N4O. The van der Waals surface area contributed by atoms with Crippen LogP contribution in [0.5, 0.6) is 0 Å². The Kier molecular flexibility index (Phi) is 4.60. The van der Waals surface area contributed by atoms with Crippen molar-refractivity contribution in [3.05, 3.63) is 17.8 Å². The van der Waals surface area contributed by atoms with Gasteiger partial charge < -0.3 is 9.80 Å². The molecule has 2 fully saturated rings. The van der Waals surface area contributed by atoms with Crippen molar-refractivity contribution in [3.8, 4) is 0 Å². The quantitative estimate of drug-likeness (QED) is 0.842. The van der Waals surface area contributed by atoms with Gasteiger partial charge in [-0.1, -0.05) is 13.8 Å². The van der Waals surface area contributed by atoms with Gasteiger partial charge in [0.05, 0.1) is 0 Å².